The van der Waals surface area contributed by atoms with E-state index < -0.39 is 0 Å². The second kappa shape index (κ2) is 4.16. The first-order valence-electron chi connectivity index (χ1n) is 5.00. The lowest BCUT2D eigenvalue weighted by atomic mass is 10.3. The third-order valence-electron chi connectivity index (χ3n) is 2.58. The summed E-state index contributed by atoms with van der Waals surface area (Å²) in [5.74, 6) is 0.0519. The highest BCUT2D eigenvalue weighted by atomic mass is 16.4. The number of hydrogen-bond acceptors (Lipinski definition) is 4. The van der Waals surface area contributed by atoms with Gasteiger partial charge in [0.15, 0.2) is 5.84 Å². The molecule has 1 aromatic heterocycles. The monoisotopic (exact) mass is 206 g/mol. The number of rotatable bonds is 2. The second-order valence-corrected chi connectivity index (χ2v) is 3.58. The molecule has 0 aliphatic carbocycles. The van der Waals surface area contributed by atoms with Gasteiger partial charge < -0.3 is 15.8 Å². The fourth-order valence-corrected chi connectivity index (χ4v) is 1.78. The number of aromatic nitrogens is 1. The van der Waals surface area contributed by atoms with Gasteiger partial charge in [0, 0.05) is 25.0 Å². The third-order valence-corrected chi connectivity index (χ3v) is 2.58. The highest BCUT2D eigenvalue weighted by molar-refractivity contribution is 5.95. The van der Waals surface area contributed by atoms with Crippen molar-refractivity contribution in [2.75, 3.05) is 18.0 Å². The predicted molar refractivity (Wildman–Crippen MR) is 58.2 cm³/mol. The minimum atomic E-state index is 0.0519. The Hall–Kier alpha value is -1.78. The van der Waals surface area contributed by atoms with E-state index >= 15 is 0 Å². The molecular formula is C10H14N4O. The van der Waals surface area contributed by atoms with E-state index in [2.05, 4.69) is 15.0 Å². The summed E-state index contributed by atoms with van der Waals surface area (Å²) >= 11 is 0. The zero-order valence-corrected chi connectivity index (χ0v) is 8.43. The first kappa shape index (κ1) is 9.76. The molecule has 0 amide bonds. The molecule has 5 heteroatoms. The van der Waals surface area contributed by atoms with Crippen LogP contribution in [0.15, 0.2) is 23.5 Å². The van der Waals surface area contributed by atoms with Crippen LogP contribution in [0.25, 0.3) is 0 Å². The summed E-state index contributed by atoms with van der Waals surface area (Å²) in [6.45, 7) is 2.14. The second-order valence-electron chi connectivity index (χ2n) is 3.58. The Kier molecular flexibility index (Phi) is 2.71. The Bertz CT molecular complexity index is 371. The largest absolute Gasteiger partial charge is 0.409 e. The minimum absolute atomic E-state index is 0.0519. The summed E-state index contributed by atoms with van der Waals surface area (Å²) in [4.78, 5) is 6.31. The molecule has 2 rings (SSSR count). The smallest absolute Gasteiger partial charge is 0.188 e. The van der Waals surface area contributed by atoms with Crippen molar-refractivity contribution in [3.8, 4) is 0 Å². The summed E-state index contributed by atoms with van der Waals surface area (Å²) in [5.41, 5.74) is 7.08. The van der Waals surface area contributed by atoms with E-state index in [1.807, 2.05) is 12.1 Å². The molecule has 1 aromatic rings. The van der Waals surface area contributed by atoms with Crippen LogP contribution in [-0.4, -0.2) is 29.1 Å². The van der Waals surface area contributed by atoms with Crippen LogP contribution in [0.1, 0.15) is 18.5 Å². The molecule has 80 valence electrons. The van der Waals surface area contributed by atoms with E-state index in [4.69, 9.17) is 10.9 Å². The Morgan fingerprint density at radius 3 is 2.87 bits per heavy atom. The molecule has 1 saturated heterocycles. The van der Waals surface area contributed by atoms with Crippen LogP contribution in [0.5, 0.6) is 0 Å². The van der Waals surface area contributed by atoms with Crippen molar-refractivity contribution < 1.29 is 5.21 Å². The fourth-order valence-electron chi connectivity index (χ4n) is 1.78. The molecule has 0 unspecified atom stereocenters. The Labute approximate surface area is 88.2 Å². The van der Waals surface area contributed by atoms with Gasteiger partial charge in [-0.05, 0) is 25.0 Å². The van der Waals surface area contributed by atoms with Gasteiger partial charge in [0.2, 0.25) is 0 Å². The lowest BCUT2D eigenvalue weighted by molar-refractivity contribution is 0.318. The Morgan fingerprint density at radius 2 is 2.20 bits per heavy atom. The molecule has 3 N–H and O–H groups in total. The van der Waals surface area contributed by atoms with Crippen LogP contribution in [0.3, 0.4) is 0 Å². The molecule has 5 nitrogen and oxygen atoms in total. The van der Waals surface area contributed by atoms with Crippen molar-refractivity contribution in [3.63, 3.8) is 0 Å². The Balaban J connectivity index is 2.25. The molecule has 0 aromatic carbocycles. The van der Waals surface area contributed by atoms with E-state index in [0.717, 1.165) is 18.8 Å². The van der Waals surface area contributed by atoms with Gasteiger partial charge in [-0.25, -0.2) is 0 Å². The minimum Gasteiger partial charge on any atom is -0.409 e. The summed E-state index contributed by atoms with van der Waals surface area (Å²) < 4.78 is 0. The summed E-state index contributed by atoms with van der Waals surface area (Å²) in [7, 11) is 0. The van der Waals surface area contributed by atoms with Crippen LogP contribution >= 0.6 is 0 Å². The van der Waals surface area contributed by atoms with Gasteiger partial charge in [-0.15, -0.1) is 0 Å². The van der Waals surface area contributed by atoms with E-state index in [0.29, 0.717) is 5.69 Å². The van der Waals surface area contributed by atoms with Crippen LogP contribution in [-0.2, 0) is 0 Å². The van der Waals surface area contributed by atoms with Crippen molar-refractivity contribution >= 4 is 11.5 Å². The zero-order chi connectivity index (χ0) is 10.7. The standard InChI is InChI=1S/C10H14N4O/c11-10(13-15)9-7-8(3-4-12-9)14-5-1-2-6-14/h3-4,7,15H,1-2,5-6H2,(H2,11,13). The van der Waals surface area contributed by atoms with E-state index in [-0.39, 0.29) is 5.84 Å². The predicted octanol–water partition coefficient (Wildman–Crippen LogP) is 0.776. The molecule has 0 bridgehead atoms. The van der Waals surface area contributed by atoms with Gasteiger partial charge in [0.25, 0.3) is 0 Å². The molecule has 1 aliphatic rings. The molecule has 0 spiro atoms. The number of anilines is 1. The first-order chi connectivity index (χ1) is 7.31. The van der Waals surface area contributed by atoms with E-state index in [1.54, 1.807) is 6.20 Å². The molecule has 1 aliphatic heterocycles. The highest BCUT2D eigenvalue weighted by Crippen LogP contribution is 2.19. The number of nitrogens with zero attached hydrogens (tertiary/aromatic N) is 3. The summed E-state index contributed by atoms with van der Waals surface area (Å²) in [5, 5.41) is 11.5. The van der Waals surface area contributed by atoms with Gasteiger partial charge in [-0.3, -0.25) is 4.98 Å². The maximum absolute atomic E-state index is 8.55. The number of oxime groups is 1. The topological polar surface area (TPSA) is 74.7 Å². The van der Waals surface area contributed by atoms with Crippen LogP contribution in [0.2, 0.25) is 0 Å². The lowest BCUT2D eigenvalue weighted by Crippen LogP contribution is -2.20. The first-order valence-corrected chi connectivity index (χ1v) is 5.00. The maximum atomic E-state index is 8.55. The molecule has 0 radical (unpaired) electrons. The summed E-state index contributed by atoms with van der Waals surface area (Å²) in [6, 6.07) is 3.79. The van der Waals surface area contributed by atoms with E-state index in [1.165, 1.54) is 12.8 Å². The van der Waals surface area contributed by atoms with Crippen molar-refractivity contribution in [3.05, 3.63) is 24.0 Å². The van der Waals surface area contributed by atoms with Crippen LogP contribution in [0.4, 0.5) is 5.69 Å². The van der Waals surface area contributed by atoms with Crippen LogP contribution in [0, 0.1) is 0 Å². The van der Waals surface area contributed by atoms with Gasteiger partial charge in [-0.1, -0.05) is 5.16 Å². The average Bonchev–Trinajstić information content (AvgIpc) is 2.82. The molecule has 1 fully saturated rings. The van der Waals surface area contributed by atoms with E-state index in [9.17, 15) is 0 Å². The molecule has 2 heterocycles. The normalized spacial score (nSPS) is 17.1. The number of hydrogen-bond donors (Lipinski definition) is 2. The van der Waals surface area contributed by atoms with Crippen molar-refractivity contribution in [2.45, 2.75) is 12.8 Å². The van der Waals surface area contributed by atoms with Gasteiger partial charge in [-0.2, -0.15) is 0 Å². The Morgan fingerprint density at radius 1 is 1.47 bits per heavy atom. The van der Waals surface area contributed by atoms with Crippen molar-refractivity contribution in [2.24, 2.45) is 10.9 Å². The molecule has 15 heavy (non-hydrogen) atoms. The van der Waals surface area contributed by atoms with Gasteiger partial charge in [0.1, 0.15) is 5.69 Å². The molecule has 0 atom stereocenters. The van der Waals surface area contributed by atoms with Gasteiger partial charge in [0.05, 0.1) is 0 Å². The average molecular weight is 206 g/mol. The zero-order valence-electron chi connectivity index (χ0n) is 8.43. The lowest BCUT2D eigenvalue weighted by Gasteiger charge is -2.17. The van der Waals surface area contributed by atoms with Crippen molar-refractivity contribution in [1.29, 1.82) is 0 Å². The summed E-state index contributed by atoms with van der Waals surface area (Å²) in [6.07, 6.45) is 4.13. The molecular weight excluding hydrogens is 192 g/mol. The van der Waals surface area contributed by atoms with Crippen molar-refractivity contribution in [1.82, 2.24) is 4.98 Å². The number of pyridine rings is 1. The quantitative estimate of drug-likeness (QED) is 0.324. The highest BCUT2D eigenvalue weighted by Gasteiger charge is 2.13. The van der Waals surface area contributed by atoms with Crippen LogP contribution < -0.4 is 10.6 Å². The number of amidine groups is 1. The maximum Gasteiger partial charge on any atom is 0.188 e. The SMILES string of the molecule is NC(=NO)c1cc(N2CCCC2)ccn1. The number of nitrogens with two attached hydrogens (primary N) is 1. The third kappa shape index (κ3) is 2.01. The molecule has 0 saturated carbocycles. The van der Waals surface area contributed by atoms with Gasteiger partial charge >= 0.3 is 0 Å². The fraction of sp³-hybridized carbons (Fsp3) is 0.400.